The fourth-order valence-corrected chi connectivity index (χ4v) is 6.24. The summed E-state index contributed by atoms with van der Waals surface area (Å²) in [6.45, 7) is 12.3. The average Bonchev–Trinajstić information content (AvgIpc) is 3.70. The fourth-order valence-electron chi connectivity index (χ4n) is 6.24. The number of para-hydroxylation sites is 1. The van der Waals surface area contributed by atoms with E-state index in [1.807, 2.05) is 64.1 Å². The lowest BCUT2D eigenvalue weighted by molar-refractivity contribution is -0.132. The lowest BCUT2D eigenvalue weighted by Gasteiger charge is -2.40. The first-order valence-corrected chi connectivity index (χ1v) is 13.9. The van der Waals surface area contributed by atoms with Gasteiger partial charge in [0.25, 0.3) is 0 Å². The zero-order chi connectivity index (χ0) is 27.9. The number of hydrogen-bond donors (Lipinski definition) is 2. The van der Waals surface area contributed by atoms with E-state index in [0.717, 1.165) is 36.1 Å². The lowest BCUT2D eigenvalue weighted by atomic mass is 9.87. The zero-order valence-corrected chi connectivity index (χ0v) is 23.3. The summed E-state index contributed by atoms with van der Waals surface area (Å²) in [5, 5.41) is 3.21. The van der Waals surface area contributed by atoms with Gasteiger partial charge in [0.1, 0.15) is 11.4 Å². The summed E-state index contributed by atoms with van der Waals surface area (Å²) in [6.07, 6.45) is 6.67. The quantitative estimate of drug-likeness (QED) is 0.476. The molecular weight excluding hydrogens is 490 g/mol. The number of carbonyl (C=O) groups is 2. The topological polar surface area (TPSA) is 110 Å². The van der Waals surface area contributed by atoms with Crippen LogP contribution in [0.3, 0.4) is 0 Å². The molecule has 2 aliphatic heterocycles. The number of aromatic nitrogens is 1. The summed E-state index contributed by atoms with van der Waals surface area (Å²) >= 11 is 0. The second-order valence-corrected chi connectivity index (χ2v) is 11.7. The summed E-state index contributed by atoms with van der Waals surface area (Å²) in [5.41, 5.74) is 8.00. The second-order valence-electron chi connectivity index (χ2n) is 11.7. The highest BCUT2D eigenvalue weighted by Gasteiger charge is 2.52. The van der Waals surface area contributed by atoms with Crippen LogP contribution >= 0.6 is 0 Å². The van der Waals surface area contributed by atoms with Gasteiger partial charge in [-0.1, -0.05) is 44.7 Å². The normalized spacial score (nSPS) is 25.5. The molecule has 8 nitrogen and oxygen atoms in total. The first-order chi connectivity index (χ1) is 18.6. The number of amides is 2. The monoisotopic (exact) mass is 529 g/mol. The number of pyridine rings is 1. The molecule has 1 fully saturated rings. The number of carbonyl (C=O) groups excluding carboxylic acids is 2. The van der Waals surface area contributed by atoms with Crippen LogP contribution in [0, 0.1) is 11.8 Å². The first-order valence-electron chi connectivity index (χ1n) is 13.9. The number of aliphatic imine (C=N–C) groups is 1. The van der Waals surface area contributed by atoms with Crippen LogP contribution in [0.15, 0.2) is 65.9 Å². The highest BCUT2D eigenvalue weighted by Crippen LogP contribution is 2.54. The van der Waals surface area contributed by atoms with Crippen molar-refractivity contribution >= 4 is 17.8 Å². The van der Waals surface area contributed by atoms with Gasteiger partial charge in [-0.15, -0.1) is 0 Å². The number of hydrogen-bond acceptors (Lipinski definition) is 6. The van der Waals surface area contributed by atoms with Crippen molar-refractivity contribution in [2.45, 2.75) is 83.0 Å². The predicted octanol–water partition coefficient (Wildman–Crippen LogP) is 4.84. The van der Waals surface area contributed by atoms with E-state index in [2.05, 4.69) is 16.9 Å². The molecule has 206 valence electrons. The Kier molecular flexibility index (Phi) is 6.99. The van der Waals surface area contributed by atoms with E-state index in [1.165, 1.54) is 0 Å². The average molecular weight is 530 g/mol. The molecule has 1 aromatic carbocycles. The van der Waals surface area contributed by atoms with Gasteiger partial charge in [0.05, 0.1) is 24.0 Å². The molecule has 2 amide bonds. The van der Waals surface area contributed by atoms with Crippen LogP contribution in [-0.4, -0.2) is 38.8 Å². The van der Waals surface area contributed by atoms with Crippen molar-refractivity contribution in [3.05, 3.63) is 72.1 Å². The van der Waals surface area contributed by atoms with Crippen LogP contribution in [0.25, 0.3) is 0 Å². The number of ether oxygens (including phenoxy) is 1. The maximum absolute atomic E-state index is 13.6. The summed E-state index contributed by atoms with van der Waals surface area (Å²) in [6, 6.07) is 11.1. The van der Waals surface area contributed by atoms with Gasteiger partial charge in [0.2, 0.25) is 11.8 Å². The molecule has 8 heteroatoms. The van der Waals surface area contributed by atoms with Crippen molar-refractivity contribution in [2.75, 3.05) is 0 Å². The molecule has 0 saturated heterocycles. The fraction of sp³-hybridized carbons (Fsp3) is 0.484. The van der Waals surface area contributed by atoms with Crippen LogP contribution in [-0.2, 0) is 9.59 Å². The maximum Gasteiger partial charge on any atom is 0.247 e. The minimum atomic E-state index is -0.461. The minimum absolute atomic E-state index is 0.0145. The van der Waals surface area contributed by atoms with E-state index >= 15 is 0 Å². The smallest absolute Gasteiger partial charge is 0.247 e. The molecule has 5 rings (SSSR count). The van der Waals surface area contributed by atoms with E-state index in [-0.39, 0.29) is 41.7 Å². The molecule has 4 atom stereocenters. The van der Waals surface area contributed by atoms with Crippen LogP contribution in [0.5, 0.6) is 5.75 Å². The number of nitrogens with zero attached hydrogens (tertiary/aromatic N) is 3. The van der Waals surface area contributed by atoms with E-state index in [0.29, 0.717) is 18.4 Å². The van der Waals surface area contributed by atoms with Crippen molar-refractivity contribution in [3.63, 3.8) is 0 Å². The minimum Gasteiger partial charge on any atom is -0.487 e. The summed E-state index contributed by atoms with van der Waals surface area (Å²) in [7, 11) is 0. The van der Waals surface area contributed by atoms with Gasteiger partial charge in [-0.2, -0.15) is 0 Å². The van der Waals surface area contributed by atoms with E-state index in [1.54, 1.807) is 17.3 Å². The van der Waals surface area contributed by atoms with Gasteiger partial charge in [-0.3, -0.25) is 19.5 Å². The molecule has 0 spiro atoms. The zero-order valence-electron chi connectivity index (χ0n) is 23.3. The van der Waals surface area contributed by atoms with Crippen LogP contribution < -0.4 is 15.8 Å². The molecular formula is C31H39N5O3. The Morgan fingerprint density at radius 2 is 1.97 bits per heavy atom. The van der Waals surface area contributed by atoms with Gasteiger partial charge in [0, 0.05) is 30.0 Å². The Labute approximate surface area is 230 Å². The number of nitrogens with one attached hydrogen (secondary N) is 1. The standard InChI is InChI=1S/C31H39N5O3/c1-6-31(7-2)17-26(37)36(29(32)35-31)27(20-11-10-14-33-18-20)23-15-22(23)19(3)28(38)34-24-16-30(4,5)39-25-13-9-8-12-21(24)25/h8-14,18,22-24,27H,3,6-7,15-17H2,1-2,4-5H3,(H2,32,35)(H,34,38)/t22-,23+,24-,27?/m0/s1. The molecule has 3 heterocycles. The number of rotatable bonds is 8. The first kappa shape index (κ1) is 26.9. The van der Waals surface area contributed by atoms with E-state index < -0.39 is 11.1 Å². The number of guanidine groups is 1. The predicted molar refractivity (Wildman–Crippen MR) is 151 cm³/mol. The van der Waals surface area contributed by atoms with Crippen LogP contribution in [0.4, 0.5) is 0 Å². The maximum atomic E-state index is 13.6. The number of fused-ring (bicyclic) bond motifs is 1. The SMILES string of the molecule is C=C(C(=O)N[C@H]1CC(C)(C)Oc2ccccc21)[C@@H]1C[C@H]1C(c1cccnc1)N1C(=O)CC(CC)(CC)N=C1N. The lowest BCUT2D eigenvalue weighted by Crippen LogP contribution is -2.53. The number of benzene rings is 1. The van der Waals surface area contributed by atoms with Crippen LogP contribution in [0.2, 0.25) is 0 Å². The summed E-state index contributed by atoms with van der Waals surface area (Å²) in [5.74, 6) is 0.723. The third kappa shape index (κ3) is 5.16. The van der Waals surface area contributed by atoms with Crippen molar-refractivity contribution in [1.29, 1.82) is 0 Å². The third-order valence-electron chi connectivity index (χ3n) is 8.63. The highest BCUT2D eigenvalue weighted by molar-refractivity contribution is 6.00. The molecule has 1 aromatic heterocycles. The van der Waals surface area contributed by atoms with Crippen LogP contribution in [0.1, 0.15) is 83.0 Å². The van der Waals surface area contributed by atoms with Crippen molar-refractivity contribution < 1.29 is 14.3 Å². The Hall–Kier alpha value is -3.68. The largest absolute Gasteiger partial charge is 0.487 e. The van der Waals surface area contributed by atoms with Crippen molar-refractivity contribution in [1.82, 2.24) is 15.2 Å². The second kappa shape index (κ2) is 10.1. The van der Waals surface area contributed by atoms with E-state index in [9.17, 15) is 9.59 Å². The Bertz CT molecular complexity index is 1300. The molecule has 0 bridgehead atoms. The van der Waals surface area contributed by atoms with Gasteiger partial charge in [0.15, 0.2) is 5.96 Å². The summed E-state index contributed by atoms with van der Waals surface area (Å²) in [4.78, 5) is 37.8. The van der Waals surface area contributed by atoms with E-state index in [4.69, 9.17) is 15.5 Å². The molecule has 0 radical (unpaired) electrons. The molecule has 1 saturated carbocycles. The molecule has 3 aliphatic rings. The Morgan fingerprint density at radius 3 is 2.64 bits per heavy atom. The van der Waals surface area contributed by atoms with Gasteiger partial charge in [-0.25, -0.2) is 4.99 Å². The van der Waals surface area contributed by atoms with Crippen molar-refractivity contribution in [2.24, 2.45) is 22.6 Å². The molecule has 39 heavy (non-hydrogen) atoms. The third-order valence-corrected chi connectivity index (χ3v) is 8.63. The highest BCUT2D eigenvalue weighted by atomic mass is 16.5. The van der Waals surface area contributed by atoms with Crippen molar-refractivity contribution in [3.8, 4) is 5.75 Å². The molecule has 3 N–H and O–H groups in total. The molecule has 1 aliphatic carbocycles. The van der Waals surface area contributed by atoms with Gasteiger partial charge < -0.3 is 15.8 Å². The Balaban J connectivity index is 1.37. The molecule has 2 aromatic rings. The summed E-state index contributed by atoms with van der Waals surface area (Å²) < 4.78 is 6.13. The Morgan fingerprint density at radius 1 is 1.23 bits per heavy atom. The number of nitrogens with two attached hydrogens (primary N) is 1. The molecule has 1 unspecified atom stereocenters. The van der Waals surface area contributed by atoms with Gasteiger partial charge >= 0.3 is 0 Å². The van der Waals surface area contributed by atoms with Gasteiger partial charge in [-0.05, 0) is 62.6 Å².